The molecule has 5 heteroatoms. The van der Waals surface area contributed by atoms with Gasteiger partial charge in [-0.05, 0) is 54.2 Å². The van der Waals surface area contributed by atoms with E-state index in [1.165, 1.54) is 5.56 Å². The predicted octanol–water partition coefficient (Wildman–Crippen LogP) is 4.78. The van der Waals surface area contributed by atoms with E-state index in [1.54, 1.807) is 0 Å². The number of hydrogen-bond donors (Lipinski definition) is 0. The maximum Gasteiger partial charge on any atom is 0.228 e. The first-order chi connectivity index (χ1) is 11.6. The summed E-state index contributed by atoms with van der Waals surface area (Å²) in [5, 5.41) is 0. The normalized spacial score (nSPS) is 11.0. The van der Waals surface area contributed by atoms with E-state index in [2.05, 4.69) is 57.1 Å². The molecule has 2 aromatic rings. The molecular weight excluding hydrogens is 366 g/mol. The molecule has 0 aliphatic rings. The molecule has 0 bridgehead atoms. The highest BCUT2D eigenvalue weighted by Crippen LogP contribution is 2.29. The van der Waals surface area contributed by atoms with Gasteiger partial charge in [-0.1, -0.05) is 30.3 Å². The van der Waals surface area contributed by atoms with Crippen LogP contribution in [0.5, 0.6) is 5.88 Å². The molecule has 0 saturated carbocycles. The smallest absolute Gasteiger partial charge is 0.228 e. The number of hydrogen-bond acceptors (Lipinski definition) is 3. The van der Waals surface area contributed by atoms with Gasteiger partial charge in [0, 0.05) is 13.6 Å². The Balaban J connectivity index is 1.91. The van der Waals surface area contributed by atoms with Crippen LogP contribution in [0.2, 0.25) is 0 Å². The van der Waals surface area contributed by atoms with Crippen molar-refractivity contribution in [1.82, 2.24) is 9.88 Å². The van der Waals surface area contributed by atoms with Crippen molar-refractivity contribution in [3.63, 3.8) is 0 Å². The monoisotopic (exact) mass is 389 g/mol. The van der Waals surface area contributed by atoms with Crippen molar-refractivity contribution in [3.05, 3.63) is 52.1 Å². The van der Waals surface area contributed by atoms with E-state index < -0.39 is 0 Å². The number of benzene rings is 1. The SMILES string of the molecule is CCN(C)/C=N/c1cc(Br)c(OCCCc2ccccc2)nc1C. The summed E-state index contributed by atoms with van der Waals surface area (Å²) < 4.78 is 6.65. The summed E-state index contributed by atoms with van der Waals surface area (Å²) in [4.78, 5) is 11.0. The molecule has 0 fully saturated rings. The summed E-state index contributed by atoms with van der Waals surface area (Å²) in [7, 11) is 1.99. The Hall–Kier alpha value is -1.88. The zero-order valence-corrected chi connectivity index (χ0v) is 16.1. The lowest BCUT2D eigenvalue weighted by Gasteiger charge is -2.11. The molecule has 4 nitrogen and oxygen atoms in total. The van der Waals surface area contributed by atoms with Crippen LogP contribution in [0.3, 0.4) is 0 Å². The van der Waals surface area contributed by atoms with Gasteiger partial charge >= 0.3 is 0 Å². The minimum Gasteiger partial charge on any atom is -0.477 e. The maximum atomic E-state index is 5.82. The van der Waals surface area contributed by atoms with E-state index in [1.807, 2.05) is 37.3 Å². The van der Waals surface area contributed by atoms with E-state index in [4.69, 9.17) is 4.74 Å². The molecule has 0 aliphatic heterocycles. The molecule has 0 saturated heterocycles. The summed E-state index contributed by atoms with van der Waals surface area (Å²) in [6, 6.07) is 12.4. The lowest BCUT2D eigenvalue weighted by atomic mass is 10.1. The van der Waals surface area contributed by atoms with E-state index >= 15 is 0 Å². The molecule has 0 amide bonds. The lowest BCUT2D eigenvalue weighted by molar-refractivity contribution is 0.297. The van der Waals surface area contributed by atoms with Crippen LogP contribution >= 0.6 is 15.9 Å². The van der Waals surface area contributed by atoms with Gasteiger partial charge in [-0.15, -0.1) is 0 Å². The van der Waals surface area contributed by atoms with Gasteiger partial charge in [0.2, 0.25) is 5.88 Å². The quantitative estimate of drug-likeness (QED) is 0.370. The minimum atomic E-state index is 0.628. The van der Waals surface area contributed by atoms with E-state index in [-0.39, 0.29) is 0 Å². The van der Waals surface area contributed by atoms with Gasteiger partial charge < -0.3 is 9.64 Å². The Morgan fingerprint density at radius 1 is 1.29 bits per heavy atom. The molecule has 0 aliphatic carbocycles. The second-order valence-electron chi connectivity index (χ2n) is 5.64. The maximum absolute atomic E-state index is 5.82. The van der Waals surface area contributed by atoms with Gasteiger partial charge in [-0.2, -0.15) is 0 Å². The van der Waals surface area contributed by atoms with Crippen molar-refractivity contribution < 1.29 is 4.74 Å². The first-order valence-corrected chi connectivity index (χ1v) is 8.97. The largest absolute Gasteiger partial charge is 0.477 e. The average Bonchev–Trinajstić information content (AvgIpc) is 2.60. The topological polar surface area (TPSA) is 37.7 Å². The third-order valence-electron chi connectivity index (χ3n) is 3.69. The average molecular weight is 390 g/mol. The highest BCUT2D eigenvalue weighted by molar-refractivity contribution is 9.10. The van der Waals surface area contributed by atoms with Crippen LogP contribution in [-0.4, -0.2) is 36.4 Å². The number of aromatic nitrogens is 1. The first-order valence-electron chi connectivity index (χ1n) is 8.18. The van der Waals surface area contributed by atoms with Crippen LogP contribution in [0, 0.1) is 6.92 Å². The molecule has 1 heterocycles. The number of ether oxygens (including phenoxy) is 1. The molecule has 1 aromatic heterocycles. The highest BCUT2D eigenvalue weighted by atomic mass is 79.9. The van der Waals surface area contributed by atoms with Crippen LogP contribution < -0.4 is 4.74 Å². The number of pyridine rings is 1. The molecule has 0 unspecified atom stereocenters. The molecule has 2 rings (SSSR count). The van der Waals surface area contributed by atoms with Crippen LogP contribution in [-0.2, 0) is 6.42 Å². The number of nitrogens with zero attached hydrogens (tertiary/aromatic N) is 3. The zero-order chi connectivity index (χ0) is 17.4. The Labute approximate surface area is 152 Å². The van der Waals surface area contributed by atoms with Gasteiger partial charge in [0.25, 0.3) is 0 Å². The first kappa shape index (κ1) is 18.5. The minimum absolute atomic E-state index is 0.628. The Bertz CT molecular complexity index is 674. The molecule has 24 heavy (non-hydrogen) atoms. The van der Waals surface area contributed by atoms with Gasteiger partial charge in [0.15, 0.2) is 0 Å². The summed E-state index contributed by atoms with van der Waals surface area (Å²) in [6.07, 6.45) is 3.78. The number of rotatable bonds is 8. The van der Waals surface area contributed by atoms with Crippen LogP contribution in [0.25, 0.3) is 0 Å². The van der Waals surface area contributed by atoms with E-state index in [9.17, 15) is 0 Å². The molecule has 0 atom stereocenters. The summed E-state index contributed by atoms with van der Waals surface area (Å²) >= 11 is 3.53. The lowest BCUT2D eigenvalue weighted by Crippen LogP contribution is -2.14. The Morgan fingerprint density at radius 2 is 2.04 bits per heavy atom. The fraction of sp³-hybridized carbons (Fsp3) is 0.368. The van der Waals surface area contributed by atoms with Crippen molar-refractivity contribution in [1.29, 1.82) is 0 Å². The molecule has 0 N–H and O–H groups in total. The Morgan fingerprint density at radius 3 is 2.75 bits per heavy atom. The summed E-state index contributed by atoms with van der Waals surface area (Å²) in [5.74, 6) is 0.628. The second kappa shape index (κ2) is 9.42. The zero-order valence-electron chi connectivity index (χ0n) is 14.5. The van der Waals surface area contributed by atoms with Gasteiger partial charge in [0.05, 0.1) is 28.8 Å². The van der Waals surface area contributed by atoms with Crippen LogP contribution in [0.1, 0.15) is 24.6 Å². The fourth-order valence-corrected chi connectivity index (χ4v) is 2.53. The molecule has 1 aromatic carbocycles. The third-order valence-corrected chi connectivity index (χ3v) is 4.26. The summed E-state index contributed by atoms with van der Waals surface area (Å²) in [5.41, 5.74) is 3.03. The van der Waals surface area contributed by atoms with Gasteiger partial charge in [0.1, 0.15) is 0 Å². The molecular formula is C19H24BrN3O. The number of aliphatic imine (C=N–C) groups is 1. The van der Waals surface area contributed by atoms with Crippen LogP contribution in [0.15, 0.2) is 45.9 Å². The van der Waals surface area contributed by atoms with Crippen LogP contribution in [0.4, 0.5) is 5.69 Å². The fourth-order valence-electron chi connectivity index (χ4n) is 2.11. The van der Waals surface area contributed by atoms with Gasteiger partial charge in [-0.25, -0.2) is 9.98 Å². The predicted molar refractivity (Wildman–Crippen MR) is 103 cm³/mol. The highest BCUT2D eigenvalue weighted by Gasteiger charge is 2.08. The molecule has 128 valence electrons. The standard InChI is InChI=1S/C19H24BrN3O/c1-4-23(3)14-21-18-13-17(20)19(22-15(18)2)24-12-8-11-16-9-6-5-7-10-16/h5-7,9-10,13-14H,4,8,11-12H2,1-3H3/b21-14+. The third kappa shape index (κ3) is 5.64. The molecule has 0 radical (unpaired) electrons. The van der Waals surface area contributed by atoms with Crippen molar-refractivity contribution in [2.45, 2.75) is 26.7 Å². The second-order valence-corrected chi connectivity index (χ2v) is 6.49. The van der Waals surface area contributed by atoms with Crippen molar-refractivity contribution in [2.75, 3.05) is 20.2 Å². The van der Waals surface area contributed by atoms with Crippen molar-refractivity contribution in [3.8, 4) is 5.88 Å². The Kier molecular flexibility index (Phi) is 7.25. The van der Waals surface area contributed by atoms with Crippen molar-refractivity contribution in [2.24, 2.45) is 4.99 Å². The summed E-state index contributed by atoms with van der Waals surface area (Å²) in [6.45, 7) is 5.59. The van der Waals surface area contributed by atoms with Crippen molar-refractivity contribution >= 4 is 28.0 Å². The van der Waals surface area contributed by atoms with E-state index in [0.29, 0.717) is 12.5 Å². The molecule has 0 spiro atoms. The number of aryl methyl sites for hydroxylation is 2. The van der Waals surface area contributed by atoms with Gasteiger partial charge in [-0.3, -0.25) is 0 Å². The van der Waals surface area contributed by atoms with E-state index in [0.717, 1.165) is 35.2 Å². The number of halogens is 1.